The van der Waals surface area contributed by atoms with E-state index in [1.54, 1.807) is 20.5 Å². The Morgan fingerprint density at radius 3 is 2.32 bits per heavy atom. The standard InChI is InChI=1S/C16H14N3O2.3CH3.Sn/c1-20-14-8-12-13(9-15(14)21-2)17-10-18-16(12)19-11-6-4-3-5-7-11;;;;/h3-4,6-10H,1-2H3,(H,17,18,19);3*1H3;. The number of hydrogen-bond acceptors (Lipinski definition) is 5. The predicted molar refractivity (Wildman–Crippen MR) is 105 cm³/mol. The average molecular weight is 444 g/mol. The van der Waals surface area contributed by atoms with Gasteiger partial charge in [0.15, 0.2) is 0 Å². The Morgan fingerprint density at radius 2 is 1.64 bits per heavy atom. The Balaban J connectivity index is 2.05. The molecular weight excluding hydrogens is 421 g/mol. The molecule has 0 aliphatic heterocycles. The molecule has 0 bridgehead atoms. The van der Waals surface area contributed by atoms with Crippen molar-refractivity contribution in [2.24, 2.45) is 0 Å². The fourth-order valence-corrected chi connectivity index (χ4v) is 6.06. The molecule has 2 aromatic carbocycles. The number of anilines is 2. The molecule has 0 saturated carbocycles. The molecule has 1 aromatic heterocycles. The van der Waals surface area contributed by atoms with Crippen molar-refractivity contribution < 1.29 is 9.47 Å². The number of aromatic nitrogens is 2. The quantitative estimate of drug-likeness (QED) is 0.605. The third-order valence-electron chi connectivity index (χ3n) is 4.13. The van der Waals surface area contributed by atoms with Gasteiger partial charge in [0.25, 0.3) is 0 Å². The maximum absolute atomic E-state index is 5.41. The third kappa shape index (κ3) is 3.81. The number of ether oxygens (including phenoxy) is 2. The van der Waals surface area contributed by atoms with E-state index < -0.39 is 18.4 Å². The summed E-state index contributed by atoms with van der Waals surface area (Å²) in [4.78, 5) is 16.0. The van der Waals surface area contributed by atoms with Crippen LogP contribution in [0.5, 0.6) is 11.5 Å². The van der Waals surface area contributed by atoms with E-state index >= 15 is 0 Å². The van der Waals surface area contributed by atoms with Gasteiger partial charge in [-0.15, -0.1) is 0 Å². The number of benzene rings is 2. The van der Waals surface area contributed by atoms with Crippen LogP contribution >= 0.6 is 0 Å². The van der Waals surface area contributed by atoms with E-state index in [1.807, 2.05) is 12.1 Å². The third-order valence-corrected chi connectivity index (χ3v) is 9.96. The van der Waals surface area contributed by atoms with Crippen molar-refractivity contribution in [2.75, 3.05) is 19.5 Å². The van der Waals surface area contributed by atoms with Crippen molar-refractivity contribution >= 4 is 44.4 Å². The fraction of sp³-hybridized carbons (Fsp3) is 0.263. The number of hydrogen-bond donors (Lipinski definition) is 1. The van der Waals surface area contributed by atoms with Crippen LogP contribution in [0.4, 0.5) is 11.5 Å². The van der Waals surface area contributed by atoms with E-state index in [9.17, 15) is 0 Å². The van der Waals surface area contributed by atoms with E-state index in [0.29, 0.717) is 11.5 Å². The van der Waals surface area contributed by atoms with Gasteiger partial charge in [-0.1, -0.05) is 0 Å². The molecule has 1 N–H and O–H groups in total. The first-order valence-corrected chi connectivity index (χ1v) is 18.2. The summed E-state index contributed by atoms with van der Waals surface area (Å²) in [6.45, 7) is 0. The molecule has 0 unspecified atom stereocenters. The van der Waals surface area contributed by atoms with Crippen LogP contribution in [0.1, 0.15) is 0 Å². The van der Waals surface area contributed by atoms with Crippen LogP contribution in [0.25, 0.3) is 10.9 Å². The van der Waals surface area contributed by atoms with E-state index in [-0.39, 0.29) is 0 Å². The molecular formula is C19H23N3O2Sn. The number of methoxy groups -OCH3 is 2. The van der Waals surface area contributed by atoms with Crippen molar-refractivity contribution in [3.8, 4) is 11.5 Å². The van der Waals surface area contributed by atoms with Crippen LogP contribution < -0.4 is 18.4 Å². The van der Waals surface area contributed by atoms with Gasteiger partial charge in [-0.2, -0.15) is 0 Å². The summed E-state index contributed by atoms with van der Waals surface area (Å²) >= 11 is -2.12. The molecule has 0 aliphatic carbocycles. The minimum atomic E-state index is -2.12. The van der Waals surface area contributed by atoms with Crippen molar-refractivity contribution in [3.63, 3.8) is 0 Å². The van der Waals surface area contributed by atoms with Crippen LogP contribution in [-0.2, 0) is 0 Å². The summed E-state index contributed by atoms with van der Waals surface area (Å²) in [5.41, 5.74) is 1.85. The molecule has 5 nitrogen and oxygen atoms in total. The molecule has 0 atom stereocenters. The molecule has 0 fully saturated rings. The van der Waals surface area contributed by atoms with Crippen LogP contribution in [0.15, 0.2) is 42.7 Å². The molecule has 6 heteroatoms. The molecule has 3 aromatic rings. The minimum absolute atomic E-state index is 0.656. The Labute approximate surface area is 152 Å². The molecule has 0 spiro atoms. The SMILES string of the molecule is COc1cc2ncnc(Nc3ccc[c]([Sn]([CH3])([CH3])[CH3])c3)c2cc1OC. The van der Waals surface area contributed by atoms with Crippen LogP contribution in [0.3, 0.4) is 0 Å². The summed E-state index contributed by atoms with van der Waals surface area (Å²) in [5.74, 6) is 2.07. The number of nitrogens with zero attached hydrogens (tertiary/aromatic N) is 2. The van der Waals surface area contributed by atoms with Gasteiger partial charge in [-0.05, 0) is 0 Å². The summed E-state index contributed by atoms with van der Waals surface area (Å²) < 4.78 is 12.2. The Bertz CT molecular complexity index is 907. The maximum atomic E-state index is 5.41. The molecule has 0 radical (unpaired) electrons. The monoisotopic (exact) mass is 445 g/mol. The Kier molecular flexibility index (Phi) is 5.03. The van der Waals surface area contributed by atoms with Gasteiger partial charge < -0.3 is 0 Å². The average Bonchev–Trinajstić information content (AvgIpc) is 2.60. The van der Waals surface area contributed by atoms with Crippen molar-refractivity contribution in [2.45, 2.75) is 14.8 Å². The van der Waals surface area contributed by atoms with Crippen LogP contribution in [-0.4, -0.2) is 42.6 Å². The molecule has 25 heavy (non-hydrogen) atoms. The van der Waals surface area contributed by atoms with Gasteiger partial charge in [0.05, 0.1) is 0 Å². The van der Waals surface area contributed by atoms with E-state index in [2.05, 4.69) is 54.4 Å². The Hall–Kier alpha value is -2.02. The zero-order valence-electron chi connectivity index (χ0n) is 15.3. The summed E-state index contributed by atoms with van der Waals surface area (Å²) in [6, 6.07) is 12.4. The van der Waals surface area contributed by atoms with E-state index in [0.717, 1.165) is 22.4 Å². The van der Waals surface area contributed by atoms with E-state index in [1.165, 1.54) is 3.58 Å². The van der Waals surface area contributed by atoms with Gasteiger partial charge in [0.1, 0.15) is 0 Å². The first-order chi connectivity index (χ1) is 11.9. The molecule has 0 amide bonds. The molecule has 3 rings (SSSR count). The molecule has 1 heterocycles. The first-order valence-electron chi connectivity index (χ1n) is 8.16. The number of nitrogens with one attached hydrogen (secondary N) is 1. The van der Waals surface area contributed by atoms with Gasteiger partial charge in [-0.25, -0.2) is 0 Å². The van der Waals surface area contributed by atoms with Crippen molar-refractivity contribution in [3.05, 3.63) is 42.7 Å². The van der Waals surface area contributed by atoms with Gasteiger partial charge in [0, 0.05) is 0 Å². The second-order valence-electron chi connectivity index (χ2n) is 6.90. The van der Waals surface area contributed by atoms with Gasteiger partial charge in [0.2, 0.25) is 0 Å². The summed E-state index contributed by atoms with van der Waals surface area (Å²) in [5, 5.41) is 4.33. The second kappa shape index (κ2) is 7.07. The van der Waals surface area contributed by atoms with Gasteiger partial charge in [-0.3, -0.25) is 0 Å². The molecule has 130 valence electrons. The van der Waals surface area contributed by atoms with Crippen molar-refractivity contribution in [1.82, 2.24) is 9.97 Å². The number of rotatable bonds is 5. The van der Waals surface area contributed by atoms with Gasteiger partial charge >= 0.3 is 152 Å². The zero-order valence-corrected chi connectivity index (χ0v) is 18.1. The fourth-order valence-electron chi connectivity index (χ4n) is 2.68. The van der Waals surface area contributed by atoms with Crippen LogP contribution in [0, 0.1) is 0 Å². The molecule has 0 saturated heterocycles. The zero-order chi connectivity index (χ0) is 18.0. The summed E-state index contributed by atoms with van der Waals surface area (Å²) in [7, 11) is 3.24. The second-order valence-corrected chi connectivity index (χ2v) is 21.4. The van der Waals surface area contributed by atoms with Crippen molar-refractivity contribution in [1.29, 1.82) is 0 Å². The first kappa shape index (κ1) is 17.8. The predicted octanol–water partition coefficient (Wildman–Crippen LogP) is 3.94. The number of fused-ring (bicyclic) bond motifs is 1. The Morgan fingerprint density at radius 1 is 0.920 bits per heavy atom. The molecule has 0 aliphatic rings. The summed E-state index contributed by atoms with van der Waals surface area (Å²) in [6.07, 6.45) is 1.56. The normalized spacial score (nSPS) is 11.4. The van der Waals surface area contributed by atoms with Crippen LogP contribution in [0.2, 0.25) is 14.8 Å². The van der Waals surface area contributed by atoms with E-state index in [4.69, 9.17) is 9.47 Å². The topological polar surface area (TPSA) is 56.3 Å².